The lowest BCUT2D eigenvalue weighted by Crippen LogP contribution is -2.43. The van der Waals surface area contributed by atoms with Gasteiger partial charge in [-0.3, -0.25) is 9.79 Å². The Hall–Kier alpha value is -3.19. The molecule has 0 aliphatic carbocycles. The Morgan fingerprint density at radius 2 is 2.13 bits per heavy atom. The lowest BCUT2D eigenvalue weighted by molar-refractivity contribution is 0.0250. The molecule has 2 N–H and O–H groups in total. The molecule has 1 atom stereocenters. The van der Waals surface area contributed by atoms with Crippen LogP contribution in [-0.2, 0) is 11.2 Å². The summed E-state index contributed by atoms with van der Waals surface area (Å²) in [6, 6.07) is 9.42. The summed E-state index contributed by atoms with van der Waals surface area (Å²) in [5.41, 5.74) is 8.61. The zero-order valence-electron chi connectivity index (χ0n) is 17.5. The summed E-state index contributed by atoms with van der Waals surface area (Å²) in [5, 5.41) is 0. The Morgan fingerprint density at radius 1 is 1.32 bits per heavy atom. The van der Waals surface area contributed by atoms with E-state index >= 15 is 4.39 Å². The van der Waals surface area contributed by atoms with E-state index < -0.39 is 5.82 Å². The fraction of sp³-hybridized carbons (Fsp3) is 0.333. The van der Waals surface area contributed by atoms with Crippen LogP contribution in [0.4, 0.5) is 10.1 Å². The molecule has 0 radical (unpaired) electrons. The maximum absolute atomic E-state index is 15.0. The number of ether oxygens (including phenoxy) is 2. The van der Waals surface area contributed by atoms with Gasteiger partial charge in [-0.1, -0.05) is 12.1 Å². The van der Waals surface area contributed by atoms with E-state index in [0.29, 0.717) is 18.5 Å². The van der Waals surface area contributed by atoms with Crippen molar-refractivity contribution < 1.29 is 18.7 Å². The molecular formula is C24H26FN3O3. The first-order chi connectivity index (χ1) is 15.1. The number of allylic oxidation sites excluding steroid dienone is 1. The molecule has 1 amide bonds. The Balaban J connectivity index is 1.55. The van der Waals surface area contributed by atoms with Gasteiger partial charge < -0.3 is 20.1 Å². The second-order valence-corrected chi connectivity index (χ2v) is 7.79. The highest BCUT2D eigenvalue weighted by atomic mass is 19.1. The number of halogens is 1. The predicted molar refractivity (Wildman–Crippen MR) is 117 cm³/mol. The number of nitrogens with zero attached hydrogens (tertiary/aromatic N) is 2. The van der Waals surface area contributed by atoms with Crippen molar-refractivity contribution in [2.24, 2.45) is 10.7 Å². The van der Waals surface area contributed by atoms with Crippen molar-refractivity contribution >= 4 is 17.8 Å². The number of hydrogen-bond donors (Lipinski definition) is 1. The fourth-order valence-corrected chi connectivity index (χ4v) is 3.90. The number of nitrogens with two attached hydrogens (primary N) is 1. The van der Waals surface area contributed by atoms with E-state index in [1.54, 1.807) is 30.2 Å². The van der Waals surface area contributed by atoms with E-state index in [9.17, 15) is 4.79 Å². The fourth-order valence-electron chi connectivity index (χ4n) is 3.90. The van der Waals surface area contributed by atoms with Crippen molar-refractivity contribution in [2.75, 3.05) is 19.9 Å². The summed E-state index contributed by atoms with van der Waals surface area (Å²) < 4.78 is 26.3. The minimum absolute atomic E-state index is 0.0189. The molecular weight excluding hydrogens is 397 g/mol. The van der Waals surface area contributed by atoms with Crippen LogP contribution in [0.1, 0.15) is 39.9 Å². The SMILES string of the molecule is Cc1c(Cc2ccc(N=CC=CN)cc2)cc2c(c1F)OCN(CC1CCCO1)C2=O. The third kappa shape index (κ3) is 4.61. The van der Waals surface area contributed by atoms with Gasteiger partial charge in [0.25, 0.3) is 5.91 Å². The van der Waals surface area contributed by atoms with Crippen molar-refractivity contribution in [1.82, 2.24) is 4.90 Å². The largest absolute Gasteiger partial charge is 0.469 e. The van der Waals surface area contributed by atoms with Crippen LogP contribution >= 0.6 is 0 Å². The summed E-state index contributed by atoms with van der Waals surface area (Å²) in [6.45, 7) is 2.94. The van der Waals surface area contributed by atoms with Crippen LogP contribution in [0.2, 0.25) is 0 Å². The molecule has 6 nitrogen and oxygen atoms in total. The minimum Gasteiger partial charge on any atom is -0.469 e. The van der Waals surface area contributed by atoms with Gasteiger partial charge in [-0.05, 0) is 73.4 Å². The lowest BCUT2D eigenvalue weighted by Gasteiger charge is -2.31. The quantitative estimate of drug-likeness (QED) is 0.716. The zero-order valence-corrected chi connectivity index (χ0v) is 17.5. The second-order valence-electron chi connectivity index (χ2n) is 7.79. The number of carbonyl (C=O) groups excluding carboxylic acids is 1. The molecule has 0 bridgehead atoms. The van der Waals surface area contributed by atoms with Gasteiger partial charge in [-0.25, -0.2) is 4.39 Å². The normalized spacial score (nSPS) is 18.7. The average Bonchev–Trinajstić information content (AvgIpc) is 3.29. The van der Waals surface area contributed by atoms with E-state index in [1.165, 1.54) is 6.20 Å². The van der Waals surface area contributed by atoms with Crippen molar-refractivity contribution in [1.29, 1.82) is 0 Å². The lowest BCUT2D eigenvalue weighted by atomic mass is 9.96. The topological polar surface area (TPSA) is 77.2 Å². The second kappa shape index (κ2) is 9.31. The highest BCUT2D eigenvalue weighted by Crippen LogP contribution is 2.34. The molecule has 2 aliphatic rings. The summed E-state index contributed by atoms with van der Waals surface area (Å²) in [5.74, 6) is -0.630. The molecule has 2 heterocycles. The summed E-state index contributed by atoms with van der Waals surface area (Å²) in [4.78, 5) is 18.9. The van der Waals surface area contributed by atoms with E-state index in [2.05, 4.69) is 4.99 Å². The Bertz CT molecular complexity index is 1010. The molecule has 2 aromatic carbocycles. The molecule has 2 aliphatic heterocycles. The molecule has 0 spiro atoms. The summed E-state index contributed by atoms with van der Waals surface area (Å²) >= 11 is 0. The Labute approximate surface area is 181 Å². The molecule has 162 valence electrons. The highest BCUT2D eigenvalue weighted by Gasteiger charge is 2.32. The van der Waals surface area contributed by atoms with Gasteiger partial charge in [0, 0.05) is 12.8 Å². The van der Waals surface area contributed by atoms with Crippen LogP contribution in [0.15, 0.2) is 47.6 Å². The van der Waals surface area contributed by atoms with Gasteiger partial charge in [0.2, 0.25) is 0 Å². The molecule has 2 aromatic rings. The van der Waals surface area contributed by atoms with Gasteiger partial charge in [0.1, 0.15) is 0 Å². The first kappa shape index (κ1) is 21.1. The van der Waals surface area contributed by atoms with Crippen LogP contribution in [0.5, 0.6) is 5.75 Å². The van der Waals surface area contributed by atoms with Gasteiger partial charge in [-0.2, -0.15) is 0 Å². The van der Waals surface area contributed by atoms with E-state index in [4.69, 9.17) is 15.2 Å². The van der Waals surface area contributed by atoms with Crippen molar-refractivity contribution in [3.63, 3.8) is 0 Å². The number of hydrogen-bond acceptors (Lipinski definition) is 5. The maximum atomic E-state index is 15.0. The molecule has 1 fully saturated rings. The number of carbonyl (C=O) groups is 1. The Morgan fingerprint density at radius 3 is 2.84 bits per heavy atom. The number of fused-ring (bicyclic) bond motifs is 1. The average molecular weight is 423 g/mol. The standard InChI is InChI=1S/C24H26FN3O3/c1-16-18(12-17-5-7-19(8-6-17)27-10-3-9-26)13-21-23(22(16)25)31-15-28(24(21)29)14-20-4-2-11-30-20/h3,5-10,13,20H,2,4,11-12,14-15,26H2,1H3. The van der Waals surface area contributed by atoms with Crippen LogP contribution in [0, 0.1) is 12.7 Å². The molecule has 31 heavy (non-hydrogen) atoms. The molecule has 0 saturated carbocycles. The van der Waals surface area contributed by atoms with E-state index in [1.807, 2.05) is 24.3 Å². The van der Waals surface area contributed by atoms with Crippen molar-refractivity contribution in [3.05, 3.63) is 70.7 Å². The molecule has 7 heteroatoms. The van der Waals surface area contributed by atoms with Crippen LogP contribution in [-0.4, -0.2) is 43.0 Å². The number of benzene rings is 2. The van der Waals surface area contributed by atoms with Gasteiger partial charge in [0.05, 0.1) is 23.9 Å². The third-order valence-corrected chi connectivity index (χ3v) is 5.66. The number of rotatable bonds is 6. The van der Waals surface area contributed by atoms with Gasteiger partial charge >= 0.3 is 0 Å². The maximum Gasteiger partial charge on any atom is 0.260 e. The number of aliphatic imine (C=N–C) groups is 1. The molecule has 1 saturated heterocycles. The van der Waals surface area contributed by atoms with Crippen LogP contribution < -0.4 is 10.5 Å². The van der Waals surface area contributed by atoms with Gasteiger partial charge in [-0.15, -0.1) is 0 Å². The summed E-state index contributed by atoms with van der Waals surface area (Å²) in [7, 11) is 0. The third-order valence-electron chi connectivity index (χ3n) is 5.66. The first-order valence-electron chi connectivity index (χ1n) is 10.4. The van der Waals surface area contributed by atoms with E-state index in [-0.39, 0.29) is 30.1 Å². The minimum atomic E-state index is -0.465. The first-order valence-corrected chi connectivity index (χ1v) is 10.4. The van der Waals surface area contributed by atoms with Crippen molar-refractivity contribution in [2.45, 2.75) is 32.3 Å². The monoisotopic (exact) mass is 423 g/mol. The highest BCUT2D eigenvalue weighted by molar-refractivity contribution is 5.98. The van der Waals surface area contributed by atoms with E-state index in [0.717, 1.165) is 36.3 Å². The molecule has 4 rings (SSSR count). The van der Waals surface area contributed by atoms with Crippen LogP contribution in [0.25, 0.3) is 0 Å². The smallest absolute Gasteiger partial charge is 0.260 e. The summed E-state index contributed by atoms with van der Waals surface area (Å²) in [6.07, 6.45) is 7.12. The molecule has 1 unspecified atom stereocenters. The van der Waals surface area contributed by atoms with Crippen LogP contribution in [0.3, 0.4) is 0 Å². The van der Waals surface area contributed by atoms with Crippen molar-refractivity contribution in [3.8, 4) is 5.75 Å². The molecule has 0 aromatic heterocycles. The van der Waals surface area contributed by atoms with Gasteiger partial charge in [0.15, 0.2) is 18.3 Å². The zero-order chi connectivity index (χ0) is 21.8. The number of amides is 1. The predicted octanol–water partition coefficient (Wildman–Crippen LogP) is 3.87. The Kier molecular flexibility index (Phi) is 6.32.